The number of amides is 1. The summed E-state index contributed by atoms with van der Waals surface area (Å²) >= 11 is 1.18. The van der Waals surface area contributed by atoms with Crippen molar-refractivity contribution < 1.29 is 28.5 Å². The fourth-order valence-electron chi connectivity index (χ4n) is 3.54. The molecule has 1 aromatic heterocycles. The lowest BCUT2D eigenvalue weighted by atomic mass is 10.0. The highest BCUT2D eigenvalue weighted by Gasteiger charge is 2.24. The first-order valence-corrected chi connectivity index (χ1v) is 13.0. The lowest BCUT2D eigenvalue weighted by Crippen LogP contribution is -2.16. The van der Waals surface area contributed by atoms with Gasteiger partial charge in [-0.15, -0.1) is 11.3 Å². The zero-order valence-electron chi connectivity index (χ0n) is 21.8. The van der Waals surface area contributed by atoms with Crippen LogP contribution in [0.15, 0.2) is 53.4 Å². The highest BCUT2D eigenvalue weighted by molar-refractivity contribution is 7.15. The molecule has 38 heavy (non-hydrogen) atoms. The summed E-state index contributed by atoms with van der Waals surface area (Å²) in [6.07, 6.45) is 3.38. The Morgan fingerprint density at radius 3 is 2.45 bits per heavy atom. The number of methoxy groups -OCH3 is 2. The lowest BCUT2D eigenvalue weighted by molar-refractivity contribution is -0.112. The molecule has 0 aliphatic carbocycles. The van der Waals surface area contributed by atoms with Gasteiger partial charge < -0.3 is 24.3 Å². The van der Waals surface area contributed by atoms with Crippen LogP contribution in [0.5, 0.6) is 17.2 Å². The molecule has 0 fully saturated rings. The molecule has 0 bridgehead atoms. The van der Waals surface area contributed by atoms with E-state index in [-0.39, 0.29) is 22.7 Å². The number of ether oxygens (including phenoxy) is 4. The van der Waals surface area contributed by atoms with Gasteiger partial charge in [0.1, 0.15) is 28.0 Å². The molecule has 0 atom stereocenters. The Labute approximate surface area is 226 Å². The zero-order chi connectivity index (χ0) is 27.5. The van der Waals surface area contributed by atoms with E-state index < -0.39 is 11.9 Å². The molecule has 0 aliphatic rings. The van der Waals surface area contributed by atoms with Crippen LogP contribution in [0.25, 0.3) is 17.2 Å². The number of nitrogens with zero attached hydrogens (tertiary/aromatic N) is 1. The Kier molecular flexibility index (Phi) is 10.3. The predicted octanol–water partition coefficient (Wildman–Crippen LogP) is 6.33. The SMILES string of the molecule is CCCCOc1ccc(C=C(C#N)C(=O)Nc2scc(-c3ccc(OC)cc3)c2C(=O)OCC)cc1OC. The number of hydrogen-bond acceptors (Lipinski definition) is 8. The molecule has 0 spiro atoms. The molecule has 0 unspecified atom stereocenters. The van der Waals surface area contributed by atoms with Gasteiger partial charge in [-0.3, -0.25) is 4.79 Å². The van der Waals surface area contributed by atoms with Crippen LogP contribution in [0, 0.1) is 11.3 Å². The summed E-state index contributed by atoms with van der Waals surface area (Å²) < 4.78 is 21.6. The van der Waals surface area contributed by atoms with E-state index in [9.17, 15) is 14.9 Å². The van der Waals surface area contributed by atoms with Crippen molar-refractivity contribution in [3.05, 3.63) is 64.5 Å². The van der Waals surface area contributed by atoms with Gasteiger partial charge in [0.05, 0.1) is 27.4 Å². The van der Waals surface area contributed by atoms with Gasteiger partial charge in [-0.05, 0) is 54.8 Å². The van der Waals surface area contributed by atoms with Gasteiger partial charge in [0, 0.05) is 10.9 Å². The van der Waals surface area contributed by atoms with Crippen LogP contribution in [-0.2, 0) is 9.53 Å². The molecule has 0 saturated carbocycles. The highest BCUT2D eigenvalue weighted by atomic mass is 32.1. The van der Waals surface area contributed by atoms with Crippen molar-refractivity contribution in [1.29, 1.82) is 5.26 Å². The van der Waals surface area contributed by atoms with E-state index in [0.717, 1.165) is 18.4 Å². The number of unbranched alkanes of at least 4 members (excludes halogenated alkanes) is 1. The number of carbonyl (C=O) groups excluding carboxylic acids is 2. The molecule has 0 aliphatic heterocycles. The Hall–Kier alpha value is -4.29. The number of nitriles is 1. The molecule has 198 valence electrons. The maximum Gasteiger partial charge on any atom is 0.341 e. The van der Waals surface area contributed by atoms with Gasteiger partial charge in [-0.2, -0.15) is 5.26 Å². The normalized spacial score (nSPS) is 10.9. The Bertz CT molecular complexity index is 1340. The second kappa shape index (κ2) is 13.9. The van der Waals surface area contributed by atoms with Crippen LogP contribution in [0.3, 0.4) is 0 Å². The molecule has 1 N–H and O–H groups in total. The van der Waals surface area contributed by atoms with Crippen molar-refractivity contribution >= 4 is 34.3 Å². The van der Waals surface area contributed by atoms with Gasteiger partial charge >= 0.3 is 5.97 Å². The number of rotatable bonds is 12. The van der Waals surface area contributed by atoms with Gasteiger partial charge in [0.15, 0.2) is 11.5 Å². The van der Waals surface area contributed by atoms with E-state index >= 15 is 0 Å². The fraction of sp³-hybridized carbons (Fsp3) is 0.276. The lowest BCUT2D eigenvalue weighted by Gasteiger charge is -2.11. The van der Waals surface area contributed by atoms with Crippen LogP contribution in [0.1, 0.15) is 42.6 Å². The molecule has 0 radical (unpaired) electrons. The van der Waals surface area contributed by atoms with E-state index in [0.29, 0.717) is 35.0 Å². The minimum Gasteiger partial charge on any atom is -0.497 e. The van der Waals surface area contributed by atoms with Crippen molar-refractivity contribution in [2.75, 3.05) is 32.8 Å². The van der Waals surface area contributed by atoms with Gasteiger partial charge in [-0.1, -0.05) is 31.5 Å². The summed E-state index contributed by atoms with van der Waals surface area (Å²) in [6, 6.07) is 14.3. The number of nitrogens with one attached hydrogen (secondary N) is 1. The third-order valence-corrected chi connectivity index (χ3v) is 6.41. The maximum atomic E-state index is 13.1. The molecular weight excluding hydrogens is 504 g/mol. The molecular formula is C29H30N2O6S. The van der Waals surface area contributed by atoms with Crippen molar-refractivity contribution in [1.82, 2.24) is 0 Å². The van der Waals surface area contributed by atoms with Crippen molar-refractivity contribution in [2.45, 2.75) is 26.7 Å². The molecule has 3 aromatic rings. The molecule has 3 rings (SSSR count). The summed E-state index contributed by atoms with van der Waals surface area (Å²) in [5, 5.41) is 14.5. The van der Waals surface area contributed by atoms with Crippen molar-refractivity contribution in [3.63, 3.8) is 0 Å². The summed E-state index contributed by atoms with van der Waals surface area (Å²) in [6.45, 7) is 4.53. The van der Waals surface area contributed by atoms with Crippen molar-refractivity contribution in [3.8, 4) is 34.4 Å². The van der Waals surface area contributed by atoms with Crippen LogP contribution in [-0.4, -0.2) is 39.3 Å². The predicted molar refractivity (Wildman–Crippen MR) is 148 cm³/mol. The Morgan fingerprint density at radius 2 is 1.82 bits per heavy atom. The first-order chi connectivity index (χ1) is 18.4. The number of esters is 1. The first-order valence-electron chi connectivity index (χ1n) is 12.1. The Morgan fingerprint density at radius 1 is 1.05 bits per heavy atom. The summed E-state index contributed by atoms with van der Waals surface area (Å²) in [5.41, 5.74) is 2.04. The molecule has 8 nitrogen and oxygen atoms in total. The van der Waals surface area contributed by atoms with Gasteiger partial charge in [-0.25, -0.2) is 4.79 Å². The minimum atomic E-state index is -0.650. The molecule has 1 heterocycles. The minimum absolute atomic E-state index is 0.138. The number of benzene rings is 2. The average molecular weight is 535 g/mol. The summed E-state index contributed by atoms with van der Waals surface area (Å²) in [7, 11) is 3.10. The Balaban J connectivity index is 1.89. The molecule has 1 amide bonds. The van der Waals surface area contributed by atoms with Crippen molar-refractivity contribution in [2.24, 2.45) is 0 Å². The number of carbonyl (C=O) groups is 2. The largest absolute Gasteiger partial charge is 0.497 e. The van der Waals surface area contributed by atoms with Gasteiger partial charge in [0.2, 0.25) is 0 Å². The van der Waals surface area contributed by atoms with E-state index in [1.165, 1.54) is 24.5 Å². The van der Waals surface area contributed by atoms with Gasteiger partial charge in [0.25, 0.3) is 5.91 Å². The van der Waals surface area contributed by atoms with Crippen LogP contribution < -0.4 is 19.5 Å². The standard InChI is InChI=1S/C29H30N2O6S/c1-5-7-14-37-24-13-8-19(16-25(24)35-4)15-21(17-30)27(32)31-28-26(29(33)36-6-2)23(18-38-28)20-9-11-22(34-3)12-10-20/h8-13,15-16,18H,5-7,14H2,1-4H3,(H,31,32). The molecule has 2 aromatic carbocycles. The van der Waals surface area contributed by atoms with Crippen LogP contribution >= 0.6 is 11.3 Å². The third-order valence-electron chi connectivity index (χ3n) is 5.52. The third kappa shape index (κ3) is 6.93. The zero-order valence-corrected chi connectivity index (χ0v) is 22.6. The number of hydrogen-bond donors (Lipinski definition) is 1. The molecule has 0 saturated heterocycles. The smallest absolute Gasteiger partial charge is 0.341 e. The van der Waals surface area contributed by atoms with Crippen LogP contribution in [0.4, 0.5) is 5.00 Å². The number of anilines is 1. The quantitative estimate of drug-likeness (QED) is 0.125. The monoisotopic (exact) mass is 534 g/mol. The first kappa shape index (κ1) is 28.3. The van der Waals surface area contributed by atoms with E-state index in [2.05, 4.69) is 12.2 Å². The van der Waals surface area contributed by atoms with E-state index in [4.69, 9.17) is 18.9 Å². The topological polar surface area (TPSA) is 107 Å². The van der Waals surface area contributed by atoms with E-state index in [1.807, 2.05) is 18.2 Å². The summed E-state index contributed by atoms with van der Waals surface area (Å²) in [5.74, 6) is 0.546. The average Bonchev–Trinajstić information content (AvgIpc) is 3.35. The highest BCUT2D eigenvalue weighted by Crippen LogP contribution is 2.37. The second-order valence-corrected chi connectivity index (χ2v) is 8.92. The fourth-order valence-corrected chi connectivity index (χ4v) is 4.50. The molecule has 9 heteroatoms. The number of thiophene rings is 1. The van der Waals surface area contributed by atoms with E-state index in [1.54, 1.807) is 49.7 Å². The summed E-state index contributed by atoms with van der Waals surface area (Å²) in [4.78, 5) is 25.9. The maximum absolute atomic E-state index is 13.1. The van der Waals surface area contributed by atoms with Crippen LogP contribution in [0.2, 0.25) is 0 Å². The second-order valence-electron chi connectivity index (χ2n) is 8.04.